The van der Waals surface area contributed by atoms with Crippen LogP contribution in [0.5, 0.6) is 11.5 Å². The Morgan fingerprint density at radius 3 is 2.52 bits per heavy atom. The van der Waals surface area contributed by atoms with Gasteiger partial charge in [-0.25, -0.2) is 0 Å². The molecule has 1 aromatic rings. The topological polar surface area (TPSA) is 76.7 Å². The number of likely N-dealkylation sites (N-methyl/N-ethyl adjacent to an activating group) is 1. The first-order valence-electron chi connectivity index (χ1n) is 6.79. The number of ether oxygens (including phenoxy) is 2. The van der Waals surface area contributed by atoms with E-state index in [2.05, 4.69) is 10.6 Å². The van der Waals surface area contributed by atoms with Gasteiger partial charge in [-0.15, -0.1) is 0 Å². The zero-order valence-corrected chi connectivity index (χ0v) is 12.9. The Bertz CT molecular complexity index is 502. The average molecular weight is 294 g/mol. The largest absolute Gasteiger partial charge is 0.497 e. The molecule has 0 aliphatic heterocycles. The van der Waals surface area contributed by atoms with Crippen molar-refractivity contribution in [3.8, 4) is 11.5 Å². The van der Waals surface area contributed by atoms with Crippen LogP contribution >= 0.6 is 0 Å². The van der Waals surface area contributed by atoms with Gasteiger partial charge < -0.3 is 20.1 Å². The molecule has 0 spiro atoms. The third kappa shape index (κ3) is 4.98. The van der Waals surface area contributed by atoms with E-state index in [-0.39, 0.29) is 18.2 Å². The SMILES string of the molecule is CCNC(=O)[C@@H](C)NC(=O)Cc1ccc(OC)cc1OC. The summed E-state index contributed by atoms with van der Waals surface area (Å²) in [5.74, 6) is 0.798. The molecule has 0 aliphatic rings. The maximum Gasteiger partial charge on any atom is 0.242 e. The number of amides is 2. The lowest BCUT2D eigenvalue weighted by atomic mass is 10.1. The Morgan fingerprint density at radius 1 is 1.24 bits per heavy atom. The molecule has 0 fully saturated rings. The fourth-order valence-corrected chi connectivity index (χ4v) is 1.86. The van der Waals surface area contributed by atoms with Crippen molar-refractivity contribution in [3.63, 3.8) is 0 Å². The van der Waals surface area contributed by atoms with Gasteiger partial charge in [0.05, 0.1) is 20.6 Å². The van der Waals surface area contributed by atoms with Crippen LogP contribution in [0.1, 0.15) is 19.4 Å². The number of carbonyl (C=O) groups is 2. The second-order valence-electron chi connectivity index (χ2n) is 4.54. The highest BCUT2D eigenvalue weighted by Gasteiger charge is 2.16. The third-order valence-electron chi connectivity index (χ3n) is 2.97. The predicted molar refractivity (Wildman–Crippen MR) is 79.5 cm³/mol. The standard InChI is InChI=1S/C15H22N2O4/c1-5-16-15(19)10(2)17-14(18)8-11-6-7-12(20-3)9-13(11)21-4/h6-7,9-10H,5,8H2,1-4H3,(H,16,19)(H,17,18)/t10-/m1/s1. The van der Waals surface area contributed by atoms with E-state index in [1.807, 2.05) is 6.92 Å². The monoisotopic (exact) mass is 294 g/mol. The molecule has 21 heavy (non-hydrogen) atoms. The second-order valence-corrected chi connectivity index (χ2v) is 4.54. The molecule has 0 aliphatic carbocycles. The summed E-state index contributed by atoms with van der Waals surface area (Å²) < 4.78 is 10.3. The molecule has 2 N–H and O–H groups in total. The molecule has 0 radical (unpaired) electrons. The summed E-state index contributed by atoms with van der Waals surface area (Å²) >= 11 is 0. The molecule has 116 valence electrons. The number of benzene rings is 1. The molecule has 0 bridgehead atoms. The molecule has 2 amide bonds. The van der Waals surface area contributed by atoms with Crippen molar-refractivity contribution < 1.29 is 19.1 Å². The minimum Gasteiger partial charge on any atom is -0.497 e. The van der Waals surface area contributed by atoms with Crippen molar-refractivity contribution in [2.75, 3.05) is 20.8 Å². The minimum absolute atomic E-state index is 0.136. The first-order chi connectivity index (χ1) is 10.0. The van der Waals surface area contributed by atoms with E-state index in [0.717, 1.165) is 5.56 Å². The number of methoxy groups -OCH3 is 2. The van der Waals surface area contributed by atoms with Crippen molar-refractivity contribution in [1.29, 1.82) is 0 Å². The highest BCUT2D eigenvalue weighted by atomic mass is 16.5. The van der Waals surface area contributed by atoms with E-state index in [1.165, 1.54) is 7.11 Å². The number of nitrogens with one attached hydrogen (secondary N) is 2. The molecule has 0 heterocycles. The first kappa shape index (κ1) is 16.8. The van der Waals surface area contributed by atoms with Crippen molar-refractivity contribution in [2.45, 2.75) is 26.3 Å². The quantitative estimate of drug-likeness (QED) is 0.783. The van der Waals surface area contributed by atoms with Gasteiger partial charge in [0.1, 0.15) is 17.5 Å². The summed E-state index contributed by atoms with van der Waals surface area (Å²) in [7, 11) is 3.10. The molecule has 0 saturated heterocycles. The van der Waals surface area contributed by atoms with Crippen molar-refractivity contribution in [2.24, 2.45) is 0 Å². The van der Waals surface area contributed by atoms with E-state index in [9.17, 15) is 9.59 Å². The van der Waals surface area contributed by atoms with Crippen molar-refractivity contribution in [1.82, 2.24) is 10.6 Å². The molecular weight excluding hydrogens is 272 g/mol. The van der Waals surface area contributed by atoms with Gasteiger partial charge in [0.15, 0.2) is 0 Å². The van der Waals surface area contributed by atoms with Crippen LogP contribution in [0.4, 0.5) is 0 Å². The Hall–Kier alpha value is -2.24. The van der Waals surface area contributed by atoms with E-state index >= 15 is 0 Å². The summed E-state index contributed by atoms with van der Waals surface area (Å²) in [6, 6.07) is 4.68. The van der Waals surface area contributed by atoms with Gasteiger partial charge in [-0.05, 0) is 19.9 Å². The number of rotatable bonds is 7. The highest BCUT2D eigenvalue weighted by Crippen LogP contribution is 2.24. The maximum atomic E-state index is 12.0. The Balaban J connectivity index is 2.68. The third-order valence-corrected chi connectivity index (χ3v) is 2.97. The van der Waals surface area contributed by atoms with Crippen molar-refractivity contribution >= 4 is 11.8 Å². The number of carbonyl (C=O) groups excluding carboxylic acids is 2. The maximum absolute atomic E-state index is 12.0. The molecule has 0 unspecified atom stereocenters. The zero-order chi connectivity index (χ0) is 15.8. The summed E-state index contributed by atoms with van der Waals surface area (Å²) in [6.45, 7) is 4.01. The Kier molecular flexibility index (Phi) is 6.52. The fraction of sp³-hybridized carbons (Fsp3) is 0.467. The molecular formula is C15H22N2O4. The summed E-state index contributed by atoms with van der Waals surface area (Å²) in [6.07, 6.45) is 0.136. The van der Waals surface area contributed by atoms with E-state index in [0.29, 0.717) is 18.0 Å². The van der Waals surface area contributed by atoms with Gasteiger partial charge >= 0.3 is 0 Å². The van der Waals surface area contributed by atoms with Crippen LogP contribution in [0.15, 0.2) is 18.2 Å². The molecule has 0 saturated carbocycles. The number of hydrogen-bond acceptors (Lipinski definition) is 4. The van der Waals surface area contributed by atoms with Crippen LogP contribution in [0.2, 0.25) is 0 Å². The lowest BCUT2D eigenvalue weighted by molar-refractivity contribution is -0.128. The smallest absolute Gasteiger partial charge is 0.242 e. The van der Waals surface area contributed by atoms with Gasteiger partial charge in [0, 0.05) is 18.2 Å². The van der Waals surface area contributed by atoms with Crippen LogP contribution in [-0.4, -0.2) is 38.6 Å². The van der Waals surface area contributed by atoms with Crippen LogP contribution < -0.4 is 20.1 Å². The Morgan fingerprint density at radius 2 is 1.95 bits per heavy atom. The van der Waals surface area contributed by atoms with Gasteiger partial charge in [-0.2, -0.15) is 0 Å². The van der Waals surface area contributed by atoms with E-state index in [1.54, 1.807) is 32.2 Å². The molecule has 1 aromatic carbocycles. The van der Waals surface area contributed by atoms with Crippen LogP contribution in [0, 0.1) is 0 Å². The lowest BCUT2D eigenvalue weighted by Crippen LogP contribution is -2.45. The summed E-state index contributed by atoms with van der Waals surface area (Å²) in [5.41, 5.74) is 0.735. The summed E-state index contributed by atoms with van der Waals surface area (Å²) in [5, 5.41) is 5.31. The number of hydrogen-bond donors (Lipinski definition) is 2. The minimum atomic E-state index is -0.568. The van der Waals surface area contributed by atoms with E-state index < -0.39 is 6.04 Å². The molecule has 1 atom stereocenters. The molecule has 1 rings (SSSR count). The predicted octanol–water partition coefficient (Wildman–Crippen LogP) is 0.887. The van der Waals surface area contributed by atoms with Gasteiger partial charge in [0.2, 0.25) is 11.8 Å². The molecule has 0 aromatic heterocycles. The van der Waals surface area contributed by atoms with Gasteiger partial charge in [-0.1, -0.05) is 6.07 Å². The average Bonchev–Trinajstić information content (AvgIpc) is 2.47. The highest BCUT2D eigenvalue weighted by molar-refractivity contribution is 5.88. The van der Waals surface area contributed by atoms with Crippen molar-refractivity contribution in [3.05, 3.63) is 23.8 Å². The summed E-state index contributed by atoms with van der Waals surface area (Å²) in [4.78, 5) is 23.5. The Labute approximate surface area is 124 Å². The van der Waals surface area contributed by atoms with E-state index in [4.69, 9.17) is 9.47 Å². The zero-order valence-electron chi connectivity index (χ0n) is 12.9. The van der Waals surface area contributed by atoms with Gasteiger partial charge in [0.25, 0.3) is 0 Å². The fourth-order valence-electron chi connectivity index (χ4n) is 1.86. The lowest BCUT2D eigenvalue weighted by Gasteiger charge is -2.14. The van der Waals surface area contributed by atoms with Crippen LogP contribution in [0.3, 0.4) is 0 Å². The first-order valence-corrected chi connectivity index (χ1v) is 6.79. The van der Waals surface area contributed by atoms with Gasteiger partial charge in [-0.3, -0.25) is 9.59 Å². The molecule has 6 nitrogen and oxygen atoms in total. The molecule has 6 heteroatoms. The normalized spacial score (nSPS) is 11.4. The second kappa shape index (κ2) is 8.14. The van der Waals surface area contributed by atoms with Crippen LogP contribution in [-0.2, 0) is 16.0 Å². The van der Waals surface area contributed by atoms with Crippen LogP contribution in [0.25, 0.3) is 0 Å².